The Kier molecular flexibility index (Phi) is 5.85. The summed E-state index contributed by atoms with van der Waals surface area (Å²) >= 11 is 0. The van der Waals surface area contributed by atoms with Crippen LogP contribution >= 0.6 is 0 Å². The summed E-state index contributed by atoms with van der Waals surface area (Å²) in [7, 11) is 1.67. The second-order valence-corrected chi connectivity index (χ2v) is 4.20. The van der Waals surface area contributed by atoms with Crippen LogP contribution in [0.1, 0.15) is 40.0 Å². The van der Waals surface area contributed by atoms with Crippen LogP contribution < -0.4 is 5.32 Å². The van der Waals surface area contributed by atoms with Crippen molar-refractivity contribution in [3.8, 4) is 0 Å². The molecule has 0 heterocycles. The van der Waals surface area contributed by atoms with E-state index in [1.807, 2.05) is 6.92 Å². The topological polar surface area (TPSA) is 69.6 Å². The summed E-state index contributed by atoms with van der Waals surface area (Å²) in [5.41, 5.74) is -1.18. The van der Waals surface area contributed by atoms with Crippen LogP contribution in [-0.2, 0) is 4.79 Å². The molecule has 0 saturated heterocycles. The van der Waals surface area contributed by atoms with Crippen LogP contribution in [0.25, 0.3) is 0 Å². The number of urea groups is 1. The SMILES string of the molecule is CCCCN(C)C(=O)NC(C)(CC)C(=O)O. The molecule has 0 aromatic carbocycles. The van der Waals surface area contributed by atoms with Gasteiger partial charge in [0, 0.05) is 13.6 Å². The Morgan fingerprint density at radius 2 is 1.94 bits per heavy atom. The Bertz CT molecular complexity index is 256. The first-order valence-electron chi connectivity index (χ1n) is 5.64. The van der Waals surface area contributed by atoms with Crippen molar-refractivity contribution in [3.63, 3.8) is 0 Å². The molecule has 0 saturated carbocycles. The van der Waals surface area contributed by atoms with Gasteiger partial charge in [0.1, 0.15) is 5.54 Å². The molecule has 1 atom stereocenters. The molecule has 0 aromatic rings. The second-order valence-electron chi connectivity index (χ2n) is 4.20. The molecular weight excluding hydrogens is 208 g/mol. The fourth-order valence-electron chi connectivity index (χ4n) is 1.12. The van der Waals surface area contributed by atoms with E-state index in [2.05, 4.69) is 5.32 Å². The summed E-state index contributed by atoms with van der Waals surface area (Å²) < 4.78 is 0. The number of rotatable bonds is 6. The highest BCUT2D eigenvalue weighted by molar-refractivity contribution is 5.85. The van der Waals surface area contributed by atoms with Gasteiger partial charge in [-0.1, -0.05) is 20.3 Å². The van der Waals surface area contributed by atoms with E-state index in [1.54, 1.807) is 14.0 Å². The van der Waals surface area contributed by atoms with E-state index in [-0.39, 0.29) is 6.03 Å². The Morgan fingerprint density at radius 1 is 1.38 bits per heavy atom. The van der Waals surface area contributed by atoms with Crippen molar-refractivity contribution in [3.05, 3.63) is 0 Å². The lowest BCUT2D eigenvalue weighted by molar-refractivity contribution is -0.143. The van der Waals surface area contributed by atoms with E-state index in [1.165, 1.54) is 11.8 Å². The van der Waals surface area contributed by atoms with Crippen molar-refractivity contribution in [2.75, 3.05) is 13.6 Å². The van der Waals surface area contributed by atoms with Gasteiger partial charge in [-0.3, -0.25) is 0 Å². The lowest BCUT2D eigenvalue weighted by Crippen LogP contribution is -2.55. The van der Waals surface area contributed by atoms with Crippen molar-refractivity contribution in [2.45, 2.75) is 45.6 Å². The highest BCUT2D eigenvalue weighted by Crippen LogP contribution is 2.09. The molecule has 0 spiro atoms. The number of hydrogen-bond donors (Lipinski definition) is 2. The summed E-state index contributed by atoms with van der Waals surface area (Å²) in [4.78, 5) is 24.2. The Balaban J connectivity index is 4.36. The fourth-order valence-corrected chi connectivity index (χ4v) is 1.12. The summed E-state index contributed by atoms with van der Waals surface area (Å²) in [6, 6.07) is -0.333. The molecule has 2 amide bonds. The van der Waals surface area contributed by atoms with Crippen molar-refractivity contribution >= 4 is 12.0 Å². The first-order chi connectivity index (χ1) is 7.37. The van der Waals surface area contributed by atoms with Crippen LogP contribution in [0.4, 0.5) is 4.79 Å². The summed E-state index contributed by atoms with van der Waals surface area (Å²) in [6.45, 7) is 5.93. The van der Waals surface area contributed by atoms with E-state index in [4.69, 9.17) is 5.11 Å². The highest BCUT2D eigenvalue weighted by atomic mass is 16.4. The van der Waals surface area contributed by atoms with Crippen molar-refractivity contribution in [1.82, 2.24) is 10.2 Å². The number of carboxylic acids is 1. The summed E-state index contributed by atoms with van der Waals surface area (Å²) in [5, 5.41) is 11.5. The summed E-state index contributed by atoms with van der Waals surface area (Å²) in [5.74, 6) is -1.01. The van der Waals surface area contributed by atoms with Gasteiger partial charge in [-0.15, -0.1) is 0 Å². The number of aliphatic carboxylic acids is 1. The van der Waals surface area contributed by atoms with Gasteiger partial charge in [-0.05, 0) is 19.8 Å². The van der Waals surface area contributed by atoms with Gasteiger partial charge >= 0.3 is 12.0 Å². The lowest BCUT2D eigenvalue weighted by atomic mass is 10.00. The molecule has 0 aromatic heterocycles. The van der Waals surface area contributed by atoms with Gasteiger partial charge in [0.15, 0.2) is 0 Å². The third-order valence-electron chi connectivity index (χ3n) is 2.76. The average Bonchev–Trinajstić information content (AvgIpc) is 2.25. The first kappa shape index (κ1) is 14.7. The van der Waals surface area contributed by atoms with Crippen LogP contribution in [0.5, 0.6) is 0 Å². The van der Waals surface area contributed by atoms with Gasteiger partial charge in [0.25, 0.3) is 0 Å². The molecule has 5 nitrogen and oxygen atoms in total. The molecular formula is C11H22N2O3. The van der Waals surface area contributed by atoms with Crippen LogP contribution in [0.2, 0.25) is 0 Å². The minimum absolute atomic E-state index is 0.333. The highest BCUT2D eigenvalue weighted by Gasteiger charge is 2.33. The van der Waals surface area contributed by atoms with E-state index in [0.29, 0.717) is 13.0 Å². The van der Waals surface area contributed by atoms with Crippen molar-refractivity contribution < 1.29 is 14.7 Å². The second kappa shape index (κ2) is 6.35. The molecule has 2 N–H and O–H groups in total. The monoisotopic (exact) mass is 230 g/mol. The normalized spacial score (nSPS) is 14.0. The maximum atomic E-state index is 11.7. The van der Waals surface area contributed by atoms with Crippen LogP contribution in [-0.4, -0.2) is 41.1 Å². The van der Waals surface area contributed by atoms with Gasteiger partial charge < -0.3 is 15.3 Å². The van der Waals surface area contributed by atoms with Gasteiger partial charge in [0.2, 0.25) is 0 Å². The molecule has 0 aliphatic rings. The Labute approximate surface area is 96.8 Å². The number of carbonyl (C=O) groups is 2. The molecule has 0 aliphatic heterocycles. The predicted octanol–water partition coefficient (Wildman–Crippen LogP) is 1.68. The molecule has 16 heavy (non-hydrogen) atoms. The number of unbranched alkanes of at least 4 members (excludes halogenated alkanes) is 1. The van der Waals surface area contributed by atoms with Crippen molar-refractivity contribution in [1.29, 1.82) is 0 Å². The molecule has 0 radical (unpaired) electrons. The third kappa shape index (κ3) is 4.08. The molecule has 1 unspecified atom stereocenters. The van der Waals surface area contributed by atoms with Gasteiger partial charge in [-0.25, -0.2) is 9.59 Å². The Morgan fingerprint density at radius 3 is 2.31 bits per heavy atom. The molecule has 5 heteroatoms. The maximum Gasteiger partial charge on any atom is 0.329 e. The van der Waals surface area contributed by atoms with E-state index in [0.717, 1.165) is 12.8 Å². The summed E-state index contributed by atoms with van der Waals surface area (Å²) in [6.07, 6.45) is 2.27. The maximum absolute atomic E-state index is 11.7. The molecule has 0 aliphatic carbocycles. The molecule has 0 bridgehead atoms. The smallest absolute Gasteiger partial charge is 0.329 e. The zero-order valence-corrected chi connectivity index (χ0v) is 10.5. The molecule has 0 rings (SSSR count). The number of hydrogen-bond acceptors (Lipinski definition) is 2. The Hall–Kier alpha value is -1.26. The van der Waals surface area contributed by atoms with E-state index < -0.39 is 11.5 Å². The number of nitrogens with zero attached hydrogens (tertiary/aromatic N) is 1. The van der Waals surface area contributed by atoms with Crippen LogP contribution in [0, 0.1) is 0 Å². The number of nitrogens with one attached hydrogen (secondary N) is 1. The van der Waals surface area contributed by atoms with E-state index >= 15 is 0 Å². The first-order valence-corrected chi connectivity index (χ1v) is 5.64. The van der Waals surface area contributed by atoms with Crippen LogP contribution in [0.15, 0.2) is 0 Å². The van der Waals surface area contributed by atoms with Gasteiger partial charge in [-0.2, -0.15) is 0 Å². The zero-order chi connectivity index (χ0) is 12.8. The standard InChI is InChI=1S/C11H22N2O3/c1-5-7-8-13(4)10(16)12-11(3,6-2)9(14)15/h5-8H2,1-4H3,(H,12,16)(H,14,15). The average molecular weight is 230 g/mol. The van der Waals surface area contributed by atoms with Crippen molar-refractivity contribution in [2.24, 2.45) is 0 Å². The number of carbonyl (C=O) groups excluding carboxylic acids is 1. The molecule has 0 fully saturated rings. The minimum atomic E-state index is -1.18. The zero-order valence-electron chi connectivity index (χ0n) is 10.5. The van der Waals surface area contributed by atoms with Crippen LogP contribution in [0.3, 0.4) is 0 Å². The van der Waals surface area contributed by atoms with Gasteiger partial charge in [0.05, 0.1) is 0 Å². The third-order valence-corrected chi connectivity index (χ3v) is 2.76. The lowest BCUT2D eigenvalue weighted by Gasteiger charge is -2.28. The molecule has 94 valence electrons. The fraction of sp³-hybridized carbons (Fsp3) is 0.818. The largest absolute Gasteiger partial charge is 0.480 e. The number of amides is 2. The van der Waals surface area contributed by atoms with E-state index in [9.17, 15) is 9.59 Å². The number of carboxylic acid groups (broad SMARTS) is 1. The quantitative estimate of drug-likeness (QED) is 0.729. The minimum Gasteiger partial charge on any atom is -0.480 e. The predicted molar refractivity (Wildman–Crippen MR) is 62.4 cm³/mol.